The Morgan fingerprint density at radius 3 is 2.13 bits per heavy atom. The average molecular weight is 688 g/mol. The van der Waals surface area contributed by atoms with E-state index in [1.165, 1.54) is 10.1 Å². The van der Waals surface area contributed by atoms with Crippen LogP contribution in [-0.2, 0) is 22.5 Å². The van der Waals surface area contributed by atoms with Crippen LogP contribution in [0, 0.1) is 0 Å². The van der Waals surface area contributed by atoms with Gasteiger partial charge in [-0.15, -0.1) is 5.10 Å². The van der Waals surface area contributed by atoms with Crippen LogP contribution < -0.4 is 15.8 Å². The summed E-state index contributed by atoms with van der Waals surface area (Å²) in [6.45, 7) is 9.73. The molecule has 258 valence electrons. The van der Waals surface area contributed by atoms with Crippen molar-refractivity contribution in [1.82, 2.24) is 24.1 Å². The van der Waals surface area contributed by atoms with Crippen LogP contribution in [0.3, 0.4) is 0 Å². The third-order valence-electron chi connectivity index (χ3n) is 8.12. The molecule has 1 N–H and O–H groups in total. The van der Waals surface area contributed by atoms with Crippen LogP contribution in [0.25, 0.3) is 11.4 Å². The molecule has 2 amide bonds. The summed E-state index contributed by atoms with van der Waals surface area (Å²) in [7, 11) is -9.88. The molecular weight excluding hydrogens is 649 g/mol. The monoisotopic (exact) mass is 687 g/mol. The molecule has 1 saturated carbocycles. The van der Waals surface area contributed by atoms with Crippen molar-refractivity contribution in [2.75, 3.05) is 36.4 Å². The molecule has 1 aliphatic carbocycles. The van der Waals surface area contributed by atoms with E-state index in [2.05, 4.69) is 15.4 Å². The Hall–Kier alpha value is -4.15. The van der Waals surface area contributed by atoms with Gasteiger partial charge in [-0.25, -0.2) is 4.79 Å². The second-order valence-corrected chi connectivity index (χ2v) is 15.2. The Balaban J connectivity index is 1.50. The van der Waals surface area contributed by atoms with Gasteiger partial charge in [-0.2, -0.15) is 9.50 Å². The topological polar surface area (TPSA) is 114 Å². The Kier molecular flexibility index (Phi) is 8.17. The number of halogens is 5. The van der Waals surface area contributed by atoms with E-state index in [0.29, 0.717) is 31.0 Å². The number of hydrogen-bond donors (Lipinski definition) is 1. The van der Waals surface area contributed by atoms with Crippen LogP contribution in [0.4, 0.5) is 35.6 Å². The molecule has 2 aromatic heterocycles. The summed E-state index contributed by atoms with van der Waals surface area (Å²) in [5.74, 6) is -0.250. The summed E-state index contributed by atoms with van der Waals surface area (Å²) in [5.41, 5.74) is 1.51. The van der Waals surface area contributed by atoms with Gasteiger partial charge in [0.25, 0.3) is 5.56 Å². The maximum atomic E-state index is 14.0. The molecule has 0 spiro atoms. The molecule has 47 heavy (non-hydrogen) atoms. The Bertz CT molecular complexity index is 1820. The number of aromatic nitrogens is 4. The second kappa shape index (κ2) is 11.2. The fourth-order valence-corrected chi connectivity index (χ4v) is 6.20. The van der Waals surface area contributed by atoms with E-state index in [9.17, 15) is 33.8 Å². The van der Waals surface area contributed by atoms with Crippen LogP contribution >= 0.6 is 10.2 Å². The maximum Gasteiger partial charge on any atom is 0.410 e. The molecule has 1 saturated heterocycles. The van der Waals surface area contributed by atoms with E-state index in [-0.39, 0.29) is 42.4 Å². The van der Waals surface area contributed by atoms with Gasteiger partial charge >= 0.3 is 16.3 Å². The number of allylic oxidation sites excluding steroid dienone is 2. The Morgan fingerprint density at radius 1 is 1.00 bits per heavy atom. The lowest BCUT2D eigenvalue weighted by Crippen LogP contribution is -2.51. The summed E-state index contributed by atoms with van der Waals surface area (Å²) in [4.78, 5) is 45.9. The number of benzene rings is 1. The molecule has 1 aliphatic heterocycles. The number of amides is 2. The summed E-state index contributed by atoms with van der Waals surface area (Å²) >= 11 is 0. The van der Waals surface area contributed by atoms with E-state index >= 15 is 0 Å². The third kappa shape index (κ3) is 7.39. The normalized spacial score (nSPS) is 17.2. The zero-order valence-electron chi connectivity index (χ0n) is 26.8. The van der Waals surface area contributed by atoms with Crippen LogP contribution in [0.1, 0.15) is 65.4 Å². The van der Waals surface area contributed by atoms with Crippen LogP contribution in [0.2, 0.25) is 0 Å². The van der Waals surface area contributed by atoms with Gasteiger partial charge in [-0.05, 0) is 83.2 Å². The largest absolute Gasteiger partial charge is 0.444 e. The first-order valence-electron chi connectivity index (χ1n) is 15.2. The smallest absolute Gasteiger partial charge is 0.410 e. The second-order valence-electron chi connectivity index (χ2n) is 12.8. The van der Waals surface area contributed by atoms with Crippen molar-refractivity contribution in [2.45, 2.75) is 77.3 Å². The molecular formula is C30H38F5N7O4S. The first-order chi connectivity index (χ1) is 21.6. The Labute approximate surface area is 268 Å². The van der Waals surface area contributed by atoms with Gasteiger partial charge in [-0.1, -0.05) is 31.9 Å². The number of carbonyl (C=O) groups is 2. The molecule has 1 aromatic carbocycles. The number of fused-ring (bicyclic) bond motifs is 1. The first-order valence-corrected chi connectivity index (χ1v) is 17.2. The zero-order chi connectivity index (χ0) is 34.6. The number of rotatable bonds is 7. The van der Waals surface area contributed by atoms with E-state index in [0.717, 1.165) is 41.5 Å². The van der Waals surface area contributed by atoms with Crippen molar-refractivity contribution in [2.24, 2.45) is 0 Å². The number of ether oxygens (including phenoxy) is 1. The minimum atomic E-state index is -9.88. The lowest BCUT2D eigenvalue weighted by molar-refractivity contribution is -0.116. The van der Waals surface area contributed by atoms with Crippen molar-refractivity contribution < 1.29 is 33.8 Å². The highest BCUT2D eigenvalue weighted by atomic mass is 32.5. The number of anilines is 2. The van der Waals surface area contributed by atoms with Crippen LogP contribution in [0.15, 0.2) is 39.5 Å². The summed E-state index contributed by atoms with van der Waals surface area (Å²) in [6.07, 6.45) is 2.65. The van der Waals surface area contributed by atoms with Gasteiger partial charge in [0.1, 0.15) is 22.7 Å². The Morgan fingerprint density at radius 2 is 1.62 bits per heavy atom. The van der Waals surface area contributed by atoms with Crippen molar-refractivity contribution in [3.8, 4) is 0 Å². The fraction of sp³-hybridized carbons (Fsp3) is 0.500. The third-order valence-corrected chi connectivity index (χ3v) is 9.28. The SMILES string of the molecule is CCc1c(N2CCN(C(=O)OC(C)(C)C)CC2)c(=O)n2nc(C(C)=C3CCC3)nc2n1CC(=O)Nc1ccc(S(F)(F)(F)(F)F)cc1. The molecule has 0 radical (unpaired) electrons. The van der Waals surface area contributed by atoms with Gasteiger partial charge in [0.05, 0.1) is 5.69 Å². The minimum absolute atomic E-state index is 0.101. The predicted molar refractivity (Wildman–Crippen MR) is 170 cm³/mol. The molecule has 0 atom stereocenters. The summed E-state index contributed by atoms with van der Waals surface area (Å²) in [6, 6.07) is 1.96. The lowest BCUT2D eigenvalue weighted by Gasteiger charge is -2.40. The molecule has 11 nitrogen and oxygen atoms in total. The molecule has 0 unspecified atom stereocenters. The highest BCUT2D eigenvalue weighted by Crippen LogP contribution is 3.02. The molecule has 17 heteroatoms. The quantitative estimate of drug-likeness (QED) is 0.273. The average Bonchev–Trinajstić information content (AvgIpc) is 3.38. The molecule has 2 aliphatic rings. The van der Waals surface area contributed by atoms with Gasteiger partial charge < -0.3 is 24.4 Å². The van der Waals surface area contributed by atoms with E-state index < -0.39 is 44.8 Å². The number of nitrogens with zero attached hydrogens (tertiary/aromatic N) is 6. The van der Waals surface area contributed by atoms with Gasteiger partial charge in [0.15, 0.2) is 5.82 Å². The van der Waals surface area contributed by atoms with Crippen molar-refractivity contribution in [1.29, 1.82) is 0 Å². The highest BCUT2D eigenvalue weighted by molar-refractivity contribution is 8.45. The number of piperazine rings is 1. The van der Waals surface area contributed by atoms with Crippen molar-refractivity contribution >= 4 is 44.9 Å². The molecule has 2 fully saturated rings. The highest BCUT2D eigenvalue weighted by Gasteiger charge is 2.65. The van der Waals surface area contributed by atoms with Gasteiger partial charge in [0, 0.05) is 31.9 Å². The number of hydrogen-bond acceptors (Lipinski definition) is 7. The number of nitrogens with one attached hydrogen (secondary N) is 1. The first kappa shape index (κ1) is 34.2. The standard InChI is InChI=1S/C30H38F5N7O4S/c1-6-23-25(39-14-16-40(17-15-39)29(45)46-30(3,4)5)27(44)42-28(37-26(38-42)19(2)20-8-7-9-20)41(23)18-24(43)36-21-10-12-22(13-11-21)47(31,32,33,34)35/h10-13H,6-9,14-18H2,1-5H3,(H,36,43). The van der Waals surface area contributed by atoms with E-state index in [1.54, 1.807) is 32.6 Å². The van der Waals surface area contributed by atoms with E-state index in [4.69, 9.17) is 4.74 Å². The van der Waals surface area contributed by atoms with Crippen LogP contribution in [-0.4, -0.2) is 67.8 Å². The minimum Gasteiger partial charge on any atom is -0.444 e. The predicted octanol–water partition coefficient (Wildman–Crippen LogP) is 6.76. The maximum absolute atomic E-state index is 14.0. The van der Waals surface area contributed by atoms with Gasteiger partial charge in [-0.3, -0.25) is 9.59 Å². The van der Waals surface area contributed by atoms with Gasteiger partial charge in [0.2, 0.25) is 11.7 Å². The zero-order valence-corrected chi connectivity index (χ0v) is 27.6. The summed E-state index contributed by atoms with van der Waals surface area (Å²) < 4.78 is 74.1. The van der Waals surface area contributed by atoms with E-state index in [1.807, 2.05) is 11.8 Å². The fourth-order valence-electron chi connectivity index (χ4n) is 5.55. The lowest BCUT2D eigenvalue weighted by atomic mass is 9.88. The number of carbonyl (C=O) groups excluding carboxylic acids is 2. The molecule has 0 bridgehead atoms. The molecule has 5 rings (SSSR count). The molecule has 3 heterocycles. The van der Waals surface area contributed by atoms with Crippen LogP contribution in [0.5, 0.6) is 0 Å². The van der Waals surface area contributed by atoms with Crippen molar-refractivity contribution in [3.63, 3.8) is 0 Å². The molecule has 3 aromatic rings. The summed E-state index contributed by atoms with van der Waals surface area (Å²) in [5, 5.41) is 6.98. The van der Waals surface area contributed by atoms with Crippen molar-refractivity contribution in [3.05, 3.63) is 51.7 Å².